The van der Waals surface area contributed by atoms with Crippen LogP contribution in [0.15, 0.2) is 53.4 Å². The molecule has 0 radical (unpaired) electrons. The molecule has 1 aliphatic heterocycles. The Morgan fingerprint density at radius 2 is 1.78 bits per heavy atom. The van der Waals surface area contributed by atoms with E-state index in [9.17, 15) is 13.2 Å². The van der Waals surface area contributed by atoms with Gasteiger partial charge in [-0.05, 0) is 44.2 Å². The fraction of sp³-hybridized carbons (Fsp3) is 0.316. The summed E-state index contributed by atoms with van der Waals surface area (Å²) in [6, 6.07) is 12.6. The molecule has 0 aliphatic carbocycles. The summed E-state index contributed by atoms with van der Waals surface area (Å²) in [5, 5.41) is 0.296. The molecule has 0 bridgehead atoms. The van der Waals surface area contributed by atoms with Crippen LogP contribution >= 0.6 is 11.6 Å². The van der Waals surface area contributed by atoms with Crippen LogP contribution in [0.25, 0.3) is 0 Å². The van der Waals surface area contributed by atoms with Crippen LogP contribution < -0.4 is 4.72 Å². The number of nitrogens with one attached hydrogen (secondary N) is 1. The number of hydrogen-bond acceptors (Lipinski definition) is 4. The molecule has 27 heavy (non-hydrogen) atoms. The molecule has 1 N–H and O–H groups in total. The molecular weight excluding hydrogens is 388 g/mol. The monoisotopic (exact) mass is 408 g/mol. The van der Waals surface area contributed by atoms with Crippen molar-refractivity contribution < 1.29 is 17.9 Å². The van der Waals surface area contributed by atoms with Gasteiger partial charge in [-0.25, -0.2) is 8.42 Å². The second kappa shape index (κ2) is 7.88. The zero-order valence-corrected chi connectivity index (χ0v) is 16.6. The average molecular weight is 409 g/mol. The van der Waals surface area contributed by atoms with Crippen molar-refractivity contribution in [3.8, 4) is 0 Å². The van der Waals surface area contributed by atoms with Crippen LogP contribution in [0.2, 0.25) is 5.02 Å². The molecule has 0 saturated carbocycles. The van der Waals surface area contributed by atoms with Gasteiger partial charge in [0, 0.05) is 18.7 Å². The molecule has 1 fully saturated rings. The van der Waals surface area contributed by atoms with Gasteiger partial charge in [0.2, 0.25) is 0 Å². The normalized spacial score (nSPS) is 20.3. The van der Waals surface area contributed by atoms with E-state index in [2.05, 4.69) is 4.72 Å². The fourth-order valence-electron chi connectivity index (χ4n) is 3.07. The van der Waals surface area contributed by atoms with Crippen molar-refractivity contribution >= 4 is 33.2 Å². The van der Waals surface area contributed by atoms with Crippen molar-refractivity contribution in [3.05, 3.63) is 59.1 Å². The van der Waals surface area contributed by atoms with Crippen LogP contribution in [0.1, 0.15) is 24.2 Å². The van der Waals surface area contributed by atoms with E-state index in [1.54, 1.807) is 41.3 Å². The molecule has 1 saturated heterocycles. The summed E-state index contributed by atoms with van der Waals surface area (Å²) in [6.07, 6.45) is -0.127. The van der Waals surface area contributed by atoms with Gasteiger partial charge in [-0.1, -0.05) is 29.8 Å². The number of sulfonamides is 1. The van der Waals surface area contributed by atoms with Gasteiger partial charge in [-0.15, -0.1) is 0 Å². The molecule has 8 heteroatoms. The van der Waals surface area contributed by atoms with Crippen molar-refractivity contribution in [2.24, 2.45) is 0 Å². The van der Waals surface area contributed by atoms with E-state index in [-0.39, 0.29) is 28.7 Å². The number of para-hydroxylation sites is 1. The lowest BCUT2D eigenvalue weighted by atomic mass is 10.1. The van der Waals surface area contributed by atoms with Crippen molar-refractivity contribution in [1.82, 2.24) is 4.90 Å². The van der Waals surface area contributed by atoms with Gasteiger partial charge in [0.25, 0.3) is 15.9 Å². The smallest absolute Gasteiger partial charge is 0.261 e. The Balaban J connectivity index is 1.84. The summed E-state index contributed by atoms with van der Waals surface area (Å²) in [6.45, 7) is 4.75. The standard InChI is InChI=1S/C19H21ClN2O4S/c1-13-11-22(12-14(2)26-13)19(23)15-6-5-7-16(10-15)27(24,25)21-18-9-4-3-8-17(18)20/h3-10,13-14,21H,11-12H2,1-2H3/t13-,14+. The van der Waals surface area contributed by atoms with Gasteiger partial charge in [0.15, 0.2) is 0 Å². The van der Waals surface area contributed by atoms with Gasteiger partial charge < -0.3 is 9.64 Å². The van der Waals surface area contributed by atoms with E-state index in [0.29, 0.717) is 23.7 Å². The summed E-state index contributed by atoms with van der Waals surface area (Å²) < 4.78 is 33.5. The number of amides is 1. The quantitative estimate of drug-likeness (QED) is 0.841. The maximum Gasteiger partial charge on any atom is 0.261 e. The van der Waals surface area contributed by atoms with E-state index in [0.717, 1.165) is 0 Å². The third-order valence-corrected chi connectivity index (χ3v) is 5.91. The van der Waals surface area contributed by atoms with E-state index in [1.165, 1.54) is 12.1 Å². The fourth-order valence-corrected chi connectivity index (χ4v) is 4.43. The molecule has 0 spiro atoms. The lowest BCUT2D eigenvalue weighted by Crippen LogP contribution is -2.48. The first-order chi connectivity index (χ1) is 12.8. The number of benzene rings is 2. The van der Waals surface area contributed by atoms with Crippen molar-refractivity contribution in [1.29, 1.82) is 0 Å². The molecule has 2 aromatic rings. The predicted octanol–water partition coefficient (Wildman–Crippen LogP) is 3.39. The summed E-state index contributed by atoms with van der Waals surface area (Å²) in [5.41, 5.74) is 0.602. The predicted molar refractivity (Wildman–Crippen MR) is 105 cm³/mol. The second-order valence-corrected chi connectivity index (χ2v) is 8.67. The molecular formula is C19H21ClN2O4S. The first kappa shape index (κ1) is 19.7. The zero-order chi connectivity index (χ0) is 19.6. The number of carbonyl (C=O) groups is 1. The summed E-state index contributed by atoms with van der Waals surface area (Å²) >= 11 is 6.03. The third-order valence-electron chi connectivity index (χ3n) is 4.22. The average Bonchev–Trinajstić information content (AvgIpc) is 2.62. The molecule has 1 heterocycles. The molecule has 6 nitrogen and oxygen atoms in total. The number of nitrogens with zero attached hydrogens (tertiary/aromatic N) is 1. The Hall–Kier alpha value is -2.09. The van der Waals surface area contributed by atoms with E-state index >= 15 is 0 Å². The number of rotatable bonds is 4. The van der Waals surface area contributed by atoms with Crippen LogP contribution in [0, 0.1) is 0 Å². The third kappa shape index (κ3) is 4.61. The number of hydrogen-bond donors (Lipinski definition) is 1. The molecule has 2 aromatic carbocycles. The number of carbonyl (C=O) groups excluding carboxylic acids is 1. The van der Waals surface area contributed by atoms with E-state index in [4.69, 9.17) is 16.3 Å². The SMILES string of the molecule is C[C@@H]1CN(C(=O)c2cccc(S(=O)(=O)Nc3ccccc3Cl)c2)C[C@H](C)O1. The van der Waals surface area contributed by atoms with Gasteiger partial charge in [0.1, 0.15) is 0 Å². The maximum absolute atomic E-state index is 12.8. The van der Waals surface area contributed by atoms with Crippen LogP contribution in [-0.2, 0) is 14.8 Å². The molecule has 144 valence electrons. The Kier molecular flexibility index (Phi) is 5.74. The minimum Gasteiger partial charge on any atom is -0.372 e. The van der Waals surface area contributed by atoms with Crippen molar-refractivity contribution in [2.75, 3.05) is 17.8 Å². The number of ether oxygens (including phenoxy) is 1. The summed E-state index contributed by atoms with van der Waals surface area (Å²) in [5.74, 6) is -0.216. The Bertz CT molecular complexity index is 938. The Labute approximate surface area is 164 Å². The zero-order valence-electron chi connectivity index (χ0n) is 15.1. The number of halogens is 1. The van der Waals surface area contributed by atoms with E-state index in [1.807, 2.05) is 13.8 Å². The molecule has 2 atom stereocenters. The lowest BCUT2D eigenvalue weighted by Gasteiger charge is -2.35. The van der Waals surface area contributed by atoms with Gasteiger partial charge >= 0.3 is 0 Å². The van der Waals surface area contributed by atoms with Crippen molar-refractivity contribution in [2.45, 2.75) is 31.0 Å². The van der Waals surface area contributed by atoms with Crippen LogP contribution in [0.3, 0.4) is 0 Å². The lowest BCUT2D eigenvalue weighted by molar-refractivity contribution is -0.0586. The minimum absolute atomic E-state index is 0.00243. The molecule has 0 unspecified atom stereocenters. The van der Waals surface area contributed by atoms with Gasteiger partial charge in [-0.3, -0.25) is 9.52 Å². The number of anilines is 1. The highest BCUT2D eigenvalue weighted by Crippen LogP contribution is 2.24. The maximum atomic E-state index is 12.8. The highest BCUT2D eigenvalue weighted by Gasteiger charge is 2.27. The molecule has 3 rings (SSSR count). The largest absolute Gasteiger partial charge is 0.372 e. The first-order valence-corrected chi connectivity index (χ1v) is 10.4. The van der Waals surface area contributed by atoms with E-state index < -0.39 is 10.0 Å². The Morgan fingerprint density at radius 3 is 2.44 bits per heavy atom. The van der Waals surface area contributed by atoms with Crippen LogP contribution in [-0.4, -0.2) is 44.5 Å². The second-order valence-electron chi connectivity index (χ2n) is 6.58. The van der Waals surface area contributed by atoms with Gasteiger partial charge in [0.05, 0.1) is 27.8 Å². The number of morpholine rings is 1. The highest BCUT2D eigenvalue weighted by molar-refractivity contribution is 7.92. The highest BCUT2D eigenvalue weighted by atomic mass is 35.5. The van der Waals surface area contributed by atoms with Crippen LogP contribution in [0.5, 0.6) is 0 Å². The Morgan fingerprint density at radius 1 is 1.11 bits per heavy atom. The topological polar surface area (TPSA) is 75.7 Å². The molecule has 0 aromatic heterocycles. The minimum atomic E-state index is -3.87. The van der Waals surface area contributed by atoms with Crippen LogP contribution in [0.4, 0.5) is 5.69 Å². The van der Waals surface area contributed by atoms with Crippen molar-refractivity contribution in [3.63, 3.8) is 0 Å². The first-order valence-electron chi connectivity index (χ1n) is 8.58. The molecule has 1 aliphatic rings. The van der Waals surface area contributed by atoms with Gasteiger partial charge in [-0.2, -0.15) is 0 Å². The summed E-state index contributed by atoms with van der Waals surface area (Å²) in [4.78, 5) is 14.5. The molecule has 1 amide bonds. The summed E-state index contributed by atoms with van der Waals surface area (Å²) in [7, 11) is -3.87.